The minimum absolute atomic E-state index is 0.192. The van der Waals surface area contributed by atoms with E-state index in [1.165, 1.54) is 23.8 Å². The number of hydrogen-bond donors (Lipinski definition) is 3. The maximum Gasteiger partial charge on any atom is 0.355 e. The predicted molar refractivity (Wildman–Crippen MR) is 128 cm³/mol. The van der Waals surface area contributed by atoms with Crippen LogP contribution in [0.5, 0.6) is 0 Å². The van der Waals surface area contributed by atoms with Gasteiger partial charge in [0.2, 0.25) is 5.13 Å². The molecule has 0 saturated carbocycles. The molecule has 1 aliphatic rings. The highest BCUT2D eigenvalue weighted by molar-refractivity contribution is 7.15. The first-order chi connectivity index (χ1) is 14.7. The number of allylic oxidation sites excluding steroid dienone is 2. The van der Waals surface area contributed by atoms with Crippen LogP contribution in [0.1, 0.15) is 30.2 Å². The summed E-state index contributed by atoms with van der Waals surface area (Å²) in [6.45, 7) is 3.68. The fourth-order valence-corrected chi connectivity index (χ4v) is 4.90. The quantitative estimate of drug-likeness (QED) is 0.424. The molecule has 0 radical (unpaired) electrons. The standard InChI is InChI=1S/C21H21Cl2N5O2S/c1-9-4-16-18(13-6-15(23)14(22)5-12(9)13)27-21(31-16)28-19(20(29)30)17(10(2)25)11(7-24)8-26-3/h5-9H,4,24-25H2,1-3H3,(H,29,30). The lowest BCUT2D eigenvalue weighted by molar-refractivity contribution is -0.129. The molecular formula is C21H21Cl2N5O2S. The Labute approximate surface area is 193 Å². The number of carboxylic acids is 1. The highest BCUT2D eigenvalue weighted by atomic mass is 35.5. The number of benzene rings is 1. The zero-order valence-corrected chi connectivity index (χ0v) is 19.4. The van der Waals surface area contributed by atoms with Crippen LogP contribution in [0, 0.1) is 0 Å². The maximum absolute atomic E-state index is 12.1. The van der Waals surface area contributed by atoms with Gasteiger partial charge in [-0.15, -0.1) is 0 Å². The Kier molecular flexibility index (Phi) is 6.83. The van der Waals surface area contributed by atoms with Gasteiger partial charge in [-0.2, -0.15) is 0 Å². The van der Waals surface area contributed by atoms with Gasteiger partial charge in [0.25, 0.3) is 0 Å². The fourth-order valence-electron chi connectivity index (χ4n) is 3.49. The first-order valence-electron chi connectivity index (χ1n) is 9.30. The van der Waals surface area contributed by atoms with E-state index in [0.29, 0.717) is 20.7 Å². The molecule has 0 amide bonds. The smallest absolute Gasteiger partial charge is 0.355 e. The molecule has 5 N–H and O–H groups in total. The van der Waals surface area contributed by atoms with Gasteiger partial charge in [0.1, 0.15) is 0 Å². The molecule has 0 saturated heterocycles. The number of aromatic nitrogens is 1. The molecule has 7 nitrogen and oxygen atoms in total. The van der Waals surface area contributed by atoms with Gasteiger partial charge < -0.3 is 16.6 Å². The fraction of sp³-hybridized carbons (Fsp3) is 0.238. The number of rotatable bonds is 5. The van der Waals surface area contributed by atoms with Crippen molar-refractivity contribution in [2.75, 3.05) is 7.05 Å². The number of nitrogens with two attached hydrogens (primary N) is 2. The van der Waals surface area contributed by atoms with Crippen LogP contribution in [0.15, 0.2) is 45.2 Å². The number of aliphatic carboxylic acids is 1. The van der Waals surface area contributed by atoms with Gasteiger partial charge in [-0.25, -0.2) is 14.8 Å². The van der Waals surface area contributed by atoms with Gasteiger partial charge in [-0.1, -0.05) is 41.5 Å². The monoisotopic (exact) mass is 477 g/mol. The van der Waals surface area contributed by atoms with Crippen LogP contribution in [0.2, 0.25) is 10.0 Å². The van der Waals surface area contributed by atoms with Crippen molar-refractivity contribution in [3.05, 3.63) is 55.7 Å². The molecule has 3 rings (SSSR count). The van der Waals surface area contributed by atoms with E-state index in [-0.39, 0.29) is 22.9 Å². The van der Waals surface area contributed by atoms with E-state index in [2.05, 4.69) is 21.9 Å². The van der Waals surface area contributed by atoms with E-state index in [1.54, 1.807) is 20.0 Å². The third-order valence-corrected chi connectivity index (χ3v) is 6.53. The van der Waals surface area contributed by atoms with E-state index >= 15 is 0 Å². The maximum atomic E-state index is 12.1. The minimum atomic E-state index is -1.25. The topological polar surface area (TPSA) is 127 Å². The number of carbonyl (C=O) groups is 1. The van der Waals surface area contributed by atoms with E-state index < -0.39 is 5.97 Å². The van der Waals surface area contributed by atoms with Crippen molar-refractivity contribution >= 4 is 57.6 Å². The van der Waals surface area contributed by atoms with Gasteiger partial charge in [0.15, 0.2) is 5.71 Å². The van der Waals surface area contributed by atoms with Gasteiger partial charge >= 0.3 is 5.97 Å². The third-order valence-electron chi connectivity index (χ3n) is 4.83. The molecule has 31 heavy (non-hydrogen) atoms. The predicted octanol–water partition coefficient (Wildman–Crippen LogP) is 4.71. The number of aliphatic imine (C=N–C) groups is 2. The number of carboxylic acid groups (broad SMARTS) is 1. The van der Waals surface area contributed by atoms with Crippen LogP contribution in [0.4, 0.5) is 5.13 Å². The van der Waals surface area contributed by atoms with Crippen LogP contribution >= 0.6 is 34.5 Å². The second-order valence-electron chi connectivity index (χ2n) is 7.06. The molecule has 0 bridgehead atoms. The molecule has 1 aromatic heterocycles. The summed E-state index contributed by atoms with van der Waals surface area (Å²) >= 11 is 13.8. The normalized spacial score (nSPS) is 17.4. The molecular weight excluding hydrogens is 457 g/mol. The summed E-state index contributed by atoms with van der Waals surface area (Å²) in [5, 5.41) is 11.1. The average Bonchev–Trinajstić information content (AvgIpc) is 3.10. The van der Waals surface area contributed by atoms with Gasteiger partial charge in [-0.3, -0.25) is 4.99 Å². The minimum Gasteiger partial charge on any atom is -0.476 e. The molecule has 1 unspecified atom stereocenters. The molecule has 0 fully saturated rings. The van der Waals surface area contributed by atoms with E-state index in [9.17, 15) is 9.90 Å². The second-order valence-corrected chi connectivity index (χ2v) is 8.94. The summed E-state index contributed by atoms with van der Waals surface area (Å²) in [4.78, 5) is 25.9. The molecule has 1 aromatic carbocycles. The summed E-state index contributed by atoms with van der Waals surface area (Å²) in [5.41, 5.74) is 14.9. The first-order valence-corrected chi connectivity index (χ1v) is 10.9. The lowest BCUT2D eigenvalue weighted by atomic mass is 9.85. The van der Waals surface area contributed by atoms with Crippen molar-refractivity contribution in [2.45, 2.75) is 26.2 Å². The van der Waals surface area contributed by atoms with E-state index in [4.69, 9.17) is 34.7 Å². The van der Waals surface area contributed by atoms with Crippen molar-refractivity contribution in [1.29, 1.82) is 0 Å². The Balaban J connectivity index is 2.17. The molecule has 10 heteroatoms. The lowest BCUT2D eigenvalue weighted by Crippen LogP contribution is -2.21. The van der Waals surface area contributed by atoms with Crippen LogP contribution in [-0.4, -0.2) is 35.0 Å². The summed E-state index contributed by atoms with van der Waals surface area (Å²) < 4.78 is 0. The van der Waals surface area contributed by atoms with Crippen molar-refractivity contribution in [1.82, 2.24) is 4.98 Å². The molecule has 162 valence electrons. The Morgan fingerprint density at radius 1 is 1.35 bits per heavy atom. The summed E-state index contributed by atoms with van der Waals surface area (Å²) in [5.74, 6) is -1.04. The molecule has 1 aliphatic carbocycles. The summed E-state index contributed by atoms with van der Waals surface area (Å²) in [7, 11) is 1.55. The number of hydrogen-bond acceptors (Lipinski definition) is 7. The molecule has 1 heterocycles. The van der Waals surface area contributed by atoms with Gasteiger partial charge in [0, 0.05) is 46.7 Å². The second kappa shape index (κ2) is 9.21. The highest BCUT2D eigenvalue weighted by Crippen LogP contribution is 2.46. The van der Waals surface area contributed by atoms with Crippen LogP contribution < -0.4 is 11.5 Å². The van der Waals surface area contributed by atoms with Crippen molar-refractivity contribution in [3.63, 3.8) is 0 Å². The zero-order valence-electron chi connectivity index (χ0n) is 17.1. The largest absolute Gasteiger partial charge is 0.476 e. The van der Waals surface area contributed by atoms with Crippen molar-refractivity contribution in [2.24, 2.45) is 21.5 Å². The Morgan fingerprint density at radius 2 is 2.03 bits per heavy atom. The summed E-state index contributed by atoms with van der Waals surface area (Å²) in [6, 6.07) is 3.65. The highest BCUT2D eigenvalue weighted by Gasteiger charge is 2.28. The average molecular weight is 478 g/mol. The molecule has 0 aliphatic heterocycles. The van der Waals surface area contributed by atoms with E-state index in [1.807, 2.05) is 6.07 Å². The zero-order chi connectivity index (χ0) is 22.9. The van der Waals surface area contributed by atoms with Crippen molar-refractivity contribution < 1.29 is 9.90 Å². The summed E-state index contributed by atoms with van der Waals surface area (Å²) in [6.07, 6.45) is 3.42. The Bertz CT molecular complexity index is 1180. The van der Waals surface area contributed by atoms with Crippen LogP contribution in [0.25, 0.3) is 11.3 Å². The molecule has 2 aromatic rings. The van der Waals surface area contributed by atoms with Crippen LogP contribution in [-0.2, 0) is 11.2 Å². The van der Waals surface area contributed by atoms with Gasteiger partial charge in [0.05, 0.1) is 15.7 Å². The Morgan fingerprint density at radius 3 is 2.61 bits per heavy atom. The number of nitrogens with zero attached hydrogens (tertiary/aromatic N) is 3. The number of halogens is 2. The first kappa shape index (κ1) is 23.0. The van der Waals surface area contributed by atoms with Crippen molar-refractivity contribution in [3.8, 4) is 11.3 Å². The Hall–Kier alpha value is -2.68. The molecule has 1 atom stereocenters. The molecule has 0 spiro atoms. The SMILES string of the molecule is CN=CC(=CN)C(C(=Nc1nc2c(s1)CC(C)c1cc(Cl)c(Cl)cc1-2)C(=O)O)=C(C)N. The lowest BCUT2D eigenvalue weighted by Gasteiger charge is -2.22. The van der Waals surface area contributed by atoms with Crippen LogP contribution in [0.3, 0.4) is 0 Å². The van der Waals surface area contributed by atoms with Gasteiger partial charge in [-0.05, 0) is 37.0 Å². The number of fused-ring (bicyclic) bond motifs is 3. The third kappa shape index (κ3) is 4.51. The number of thiazole rings is 1. The van der Waals surface area contributed by atoms with E-state index in [0.717, 1.165) is 28.1 Å².